The fourth-order valence-electron chi connectivity index (χ4n) is 2.76. The Morgan fingerprint density at radius 2 is 1.92 bits per heavy atom. The number of hydrogen-bond acceptors (Lipinski definition) is 4. The van der Waals surface area contributed by atoms with Crippen LogP contribution in [-0.4, -0.2) is 34.3 Å². The van der Waals surface area contributed by atoms with Crippen LogP contribution in [-0.2, 0) is 17.8 Å². The molecule has 3 rings (SSSR count). The van der Waals surface area contributed by atoms with Crippen molar-refractivity contribution < 1.29 is 19.5 Å². The number of anilines is 1. The van der Waals surface area contributed by atoms with Gasteiger partial charge < -0.3 is 15.3 Å². The highest BCUT2D eigenvalue weighted by Gasteiger charge is 2.29. The molecule has 0 fully saturated rings. The Bertz CT molecular complexity index is 860. The highest BCUT2D eigenvalue weighted by Crippen LogP contribution is 2.37. The minimum atomic E-state index is -1.08. The fourth-order valence-corrected chi connectivity index (χ4v) is 4.14. The van der Waals surface area contributed by atoms with Crippen LogP contribution in [0.15, 0.2) is 24.3 Å². The van der Waals surface area contributed by atoms with Gasteiger partial charge in [-0.2, -0.15) is 0 Å². The van der Waals surface area contributed by atoms with Crippen molar-refractivity contribution in [3.05, 3.63) is 50.9 Å². The summed E-state index contributed by atoms with van der Waals surface area (Å²) in [5.41, 5.74) is 1.20. The molecular weight excluding hydrogens is 364 g/mol. The summed E-state index contributed by atoms with van der Waals surface area (Å²) < 4.78 is 0. The summed E-state index contributed by atoms with van der Waals surface area (Å²) in [6.07, 6.45) is 0.462. The van der Waals surface area contributed by atoms with E-state index in [0.29, 0.717) is 40.7 Å². The molecule has 2 amide bonds. The number of amides is 2. The van der Waals surface area contributed by atoms with Crippen LogP contribution in [0.2, 0.25) is 5.02 Å². The second-order valence-corrected chi connectivity index (χ2v) is 7.21. The van der Waals surface area contributed by atoms with Crippen LogP contribution >= 0.6 is 22.9 Å². The number of halogens is 1. The summed E-state index contributed by atoms with van der Waals surface area (Å²) in [7, 11) is 0. The zero-order valence-electron chi connectivity index (χ0n) is 13.3. The largest absolute Gasteiger partial charge is 0.478 e. The molecule has 25 heavy (non-hydrogen) atoms. The number of nitrogens with one attached hydrogen (secondary N) is 1. The Balaban J connectivity index is 1.91. The van der Waals surface area contributed by atoms with E-state index in [4.69, 9.17) is 11.6 Å². The molecule has 2 heterocycles. The van der Waals surface area contributed by atoms with E-state index in [1.165, 1.54) is 18.3 Å². The number of carboxylic acids is 1. The number of thiophene rings is 1. The number of hydrogen-bond donors (Lipinski definition) is 2. The Hall–Kier alpha value is -2.38. The van der Waals surface area contributed by atoms with Gasteiger partial charge in [-0.05, 0) is 36.2 Å². The van der Waals surface area contributed by atoms with Crippen molar-refractivity contribution in [2.75, 3.05) is 11.9 Å². The third kappa shape index (κ3) is 3.52. The number of fused-ring (bicyclic) bond motifs is 1. The molecule has 1 aliphatic heterocycles. The number of nitrogens with zero attached hydrogens (tertiary/aromatic N) is 1. The molecule has 2 aromatic rings. The molecule has 0 aliphatic carbocycles. The highest BCUT2D eigenvalue weighted by atomic mass is 35.5. The lowest BCUT2D eigenvalue weighted by atomic mass is 10.0. The molecule has 0 bridgehead atoms. The van der Waals surface area contributed by atoms with Gasteiger partial charge in [-0.3, -0.25) is 9.59 Å². The van der Waals surface area contributed by atoms with Gasteiger partial charge in [0.25, 0.3) is 5.91 Å². The van der Waals surface area contributed by atoms with Gasteiger partial charge in [0, 0.05) is 28.9 Å². The smallest absolute Gasteiger partial charge is 0.339 e. The summed E-state index contributed by atoms with van der Waals surface area (Å²) in [6, 6.07) is 6.34. The van der Waals surface area contributed by atoms with Crippen molar-refractivity contribution in [2.45, 2.75) is 19.9 Å². The number of aromatic carboxylic acids is 1. The Kier molecular flexibility index (Phi) is 4.78. The van der Waals surface area contributed by atoms with E-state index in [1.807, 2.05) is 0 Å². The van der Waals surface area contributed by atoms with E-state index in [-0.39, 0.29) is 11.5 Å². The van der Waals surface area contributed by atoms with E-state index >= 15 is 0 Å². The third-order valence-electron chi connectivity index (χ3n) is 4.05. The van der Waals surface area contributed by atoms with Crippen LogP contribution in [0.25, 0.3) is 0 Å². The van der Waals surface area contributed by atoms with Crippen molar-refractivity contribution in [1.82, 2.24) is 4.90 Å². The maximum Gasteiger partial charge on any atom is 0.339 e. The zero-order valence-corrected chi connectivity index (χ0v) is 14.9. The molecule has 0 radical (unpaired) electrons. The van der Waals surface area contributed by atoms with Crippen molar-refractivity contribution in [1.29, 1.82) is 0 Å². The van der Waals surface area contributed by atoms with E-state index in [1.54, 1.807) is 29.2 Å². The first-order valence-electron chi connectivity index (χ1n) is 7.57. The quantitative estimate of drug-likeness (QED) is 0.858. The van der Waals surface area contributed by atoms with Crippen LogP contribution in [0, 0.1) is 0 Å². The van der Waals surface area contributed by atoms with E-state index in [0.717, 1.165) is 4.88 Å². The lowest BCUT2D eigenvalue weighted by Gasteiger charge is -2.25. The SMILES string of the molecule is CC(=O)N1CCc2c(sc(NC(=O)c3ccc(Cl)cc3)c2C(=O)O)C1. The van der Waals surface area contributed by atoms with Gasteiger partial charge in [0.15, 0.2) is 0 Å². The van der Waals surface area contributed by atoms with Crippen LogP contribution in [0.1, 0.15) is 38.1 Å². The predicted octanol–water partition coefficient (Wildman–Crippen LogP) is 3.26. The summed E-state index contributed by atoms with van der Waals surface area (Å²) >= 11 is 7.02. The summed E-state index contributed by atoms with van der Waals surface area (Å²) in [5.74, 6) is -1.54. The standard InChI is InChI=1S/C17H15ClN2O4S/c1-9(21)20-7-6-12-13(8-20)25-16(14(12)17(23)24)19-15(22)10-2-4-11(18)5-3-10/h2-5H,6-8H2,1H3,(H,19,22)(H,23,24). The molecule has 2 N–H and O–H groups in total. The first-order chi connectivity index (χ1) is 11.9. The molecule has 1 aliphatic rings. The van der Waals surface area contributed by atoms with Gasteiger partial charge in [-0.25, -0.2) is 4.79 Å². The summed E-state index contributed by atoms with van der Waals surface area (Å²) in [6.45, 7) is 2.33. The molecule has 1 aromatic heterocycles. The zero-order chi connectivity index (χ0) is 18.1. The van der Waals surface area contributed by atoms with Gasteiger partial charge >= 0.3 is 5.97 Å². The molecule has 0 unspecified atom stereocenters. The average Bonchev–Trinajstić information content (AvgIpc) is 2.92. The fraction of sp³-hybridized carbons (Fsp3) is 0.235. The third-order valence-corrected chi connectivity index (χ3v) is 5.43. The molecule has 6 nitrogen and oxygen atoms in total. The summed E-state index contributed by atoms with van der Waals surface area (Å²) in [4.78, 5) is 38.1. The minimum absolute atomic E-state index is 0.0531. The molecule has 1 aromatic carbocycles. The second kappa shape index (κ2) is 6.85. The maximum absolute atomic E-state index is 12.4. The number of rotatable bonds is 3. The minimum Gasteiger partial charge on any atom is -0.478 e. The van der Waals surface area contributed by atoms with Crippen LogP contribution < -0.4 is 5.32 Å². The van der Waals surface area contributed by atoms with Crippen molar-refractivity contribution in [3.63, 3.8) is 0 Å². The van der Waals surface area contributed by atoms with Gasteiger partial charge in [-0.15, -0.1) is 11.3 Å². The molecular formula is C17H15ClN2O4S. The Morgan fingerprint density at radius 1 is 1.24 bits per heavy atom. The Morgan fingerprint density at radius 3 is 2.52 bits per heavy atom. The number of benzene rings is 1. The van der Waals surface area contributed by atoms with Crippen LogP contribution in [0.3, 0.4) is 0 Å². The second-order valence-electron chi connectivity index (χ2n) is 5.66. The lowest BCUT2D eigenvalue weighted by Crippen LogP contribution is -2.33. The number of carboxylic acid groups (broad SMARTS) is 1. The first-order valence-corrected chi connectivity index (χ1v) is 8.76. The maximum atomic E-state index is 12.4. The number of carbonyl (C=O) groups excluding carboxylic acids is 2. The topological polar surface area (TPSA) is 86.7 Å². The van der Waals surface area contributed by atoms with Gasteiger partial charge in [-0.1, -0.05) is 11.6 Å². The monoisotopic (exact) mass is 378 g/mol. The van der Waals surface area contributed by atoms with Gasteiger partial charge in [0.05, 0.1) is 12.1 Å². The lowest BCUT2D eigenvalue weighted by molar-refractivity contribution is -0.129. The van der Waals surface area contributed by atoms with Gasteiger partial charge in [0.2, 0.25) is 5.91 Å². The van der Waals surface area contributed by atoms with Crippen molar-refractivity contribution >= 4 is 45.7 Å². The number of carbonyl (C=O) groups is 3. The molecule has 8 heteroatoms. The van der Waals surface area contributed by atoms with Crippen LogP contribution in [0.5, 0.6) is 0 Å². The van der Waals surface area contributed by atoms with Crippen molar-refractivity contribution in [2.24, 2.45) is 0 Å². The van der Waals surface area contributed by atoms with E-state index in [2.05, 4.69) is 5.32 Å². The highest BCUT2D eigenvalue weighted by molar-refractivity contribution is 7.17. The summed E-state index contributed by atoms with van der Waals surface area (Å²) in [5, 5.41) is 13.1. The van der Waals surface area contributed by atoms with Crippen molar-refractivity contribution in [3.8, 4) is 0 Å². The Labute approximate surface area is 153 Å². The average molecular weight is 379 g/mol. The van der Waals surface area contributed by atoms with Crippen LogP contribution in [0.4, 0.5) is 5.00 Å². The normalized spacial score (nSPS) is 13.3. The van der Waals surface area contributed by atoms with Gasteiger partial charge in [0.1, 0.15) is 5.00 Å². The molecule has 0 spiro atoms. The molecule has 0 atom stereocenters. The molecule has 0 saturated heterocycles. The predicted molar refractivity (Wildman–Crippen MR) is 95.5 cm³/mol. The van der Waals surface area contributed by atoms with E-state index in [9.17, 15) is 19.5 Å². The van der Waals surface area contributed by atoms with E-state index < -0.39 is 11.9 Å². The molecule has 130 valence electrons. The molecule has 0 saturated carbocycles. The first kappa shape index (κ1) is 17.4.